The van der Waals surface area contributed by atoms with Crippen LogP contribution < -0.4 is 5.32 Å². The van der Waals surface area contributed by atoms with Crippen molar-refractivity contribution in [3.05, 3.63) is 84.4 Å². The average Bonchev–Trinajstić information content (AvgIpc) is 2.62. The molecule has 1 fully saturated rings. The third-order valence-electron chi connectivity index (χ3n) is 5.65. The number of rotatable bonds is 5. The van der Waals surface area contributed by atoms with Crippen LogP contribution in [0.3, 0.4) is 0 Å². The van der Waals surface area contributed by atoms with Gasteiger partial charge < -0.3 is 10.4 Å². The molecule has 1 saturated heterocycles. The van der Waals surface area contributed by atoms with Crippen molar-refractivity contribution in [1.82, 2.24) is 0 Å². The number of piperidine rings is 1. The molecular formula is C23H30NO+. The largest absolute Gasteiger partial charge is 0.389 e. The zero-order chi connectivity index (χ0) is 17.9. The molecule has 2 nitrogen and oxygen atoms in total. The Morgan fingerprint density at radius 1 is 1.08 bits per heavy atom. The van der Waals surface area contributed by atoms with E-state index < -0.39 is 5.60 Å². The first-order valence-electron chi connectivity index (χ1n) is 9.33. The first kappa shape index (κ1) is 17.9. The van der Waals surface area contributed by atoms with Crippen molar-refractivity contribution < 1.29 is 10.4 Å². The normalized spacial score (nSPS) is 29.5. The molecule has 1 heterocycles. The van der Waals surface area contributed by atoms with E-state index >= 15 is 0 Å². The van der Waals surface area contributed by atoms with Gasteiger partial charge in [-0.2, -0.15) is 0 Å². The number of hydrogen-bond acceptors (Lipinski definition) is 1. The molecule has 2 heteroatoms. The Labute approximate surface area is 151 Å². The van der Waals surface area contributed by atoms with Gasteiger partial charge in [0.15, 0.2) is 0 Å². The second-order valence-corrected chi connectivity index (χ2v) is 7.72. The van der Waals surface area contributed by atoms with E-state index in [1.165, 1.54) is 11.1 Å². The van der Waals surface area contributed by atoms with Crippen molar-refractivity contribution in [3.8, 4) is 0 Å². The van der Waals surface area contributed by atoms with Crippen molar-refractivity contribution in [2.24, 2.45) is 11.8 Å². The molecule has 1 aliphatic heterocycles. The van der Waals surface area contributed by atoms with Gasteiger partial charge >= 0.3 is 0 Å². The predicted octanol–water partition coefficient (Wildman–Crippen LogP) is 4.02. The lowest BCUT2D eigenvalue weighted by molar-refractivity contribution is -0.758. The van der Waals surface area contributed by atoms with Gasteiger partial charge in [-0.1, -0.05) is 80.6 Å². The summed E-state index contributed by atoms with van der Waals surface area (Å²) in [6.07, 6.45) is 3.27. The Bertz CT molecular complexity index is 682. The zero-order valence-electron chi connectivity index (χ0n) is 15.3. The maximum Gasteiger partial charge on any atom is 0.118 e. The molecule has 0 aromatic heterocycles. The predicted molar refractivity (Wildman–Crippen MR) is 103 cm³/mol. The minimum Gasteiger partial charge on any atom is -0.389 e. The van der Waals surface area contributed by atoms with Crippen LogP contribution in [0, 0.1) is 11.8 Å². The summed E-state index contributed by atoms with van der Waals surface area (Å²) in [7, 11) is 0. The van der Waals surface area contributed by atoms with Crippen LogP contribution in [0.4, 0.5) is 0 Å². The van der Waals surface area contributed by atoms with Gasteiger partial charge in [0, 0.05) is 23.5 Å². The van der Waals surface area contributed by atoms with Gasteiger partial charge in [0.05, 0.1) is 5.60 Å². The van der Waals surface area contributed by atoms with Gasteiger partial charge in [0.1, 0.15) is 12.1 Å². The van der Waals surface area contributed by atoms with Crippen LogP contribution in [0.2, 0.25) is 0 Å². The van der Waals surface area contributed by atoms with E-state index in [1.54, 1.807) is 0 Å². The summed E-state index contributed by atoms with van der Waals surface area (Å²) in [6, 6.07) is 21.7. The summed E-state index contributed by atoms with van der Waals surface area (Å²) in [5.41, 5.74) is 1.85. The molecule has 3 N–H and O–H groups in total. The SMILES string of the molecule is C=CC[C@@]1(O)C[C@@H](c2ccccc2)[NH2+][C@@H](c2ccccc2)[C@H]1C(C)C. The van der Waals surface area contributed by atoms with Crippen LogP contribution >= 0.6 is 0 Å². The molecule has 2 aromatic rings. The third kappa shape index (κ3) is 3.70. The first-order valence-corrected chi connectivity index (χ1v) is 9.33. The highest BCUT2D eigenvalue weighted by Crippen LogP contribution is 2.44. The summed E-state index contributed by atoms with van der Waals surface area (Å²) in [5, 5.41) is 14.1. The van der Waals surface area contributed by atoms with Crippen molar-refractivity contribution in [2.75, 3.05) is 0 Å². The van der Waals surface area contributed by atoms with Crippen molar-refractivity contribution >= 4 is 0 Å². The second-order valence-electron chi connectivity index (χ2n) is 7.72. The molecule has 1 aliphatic rings. The Balaban J connectivity index is 2.04. The van der Waals surface area contributed by atoms with E-state index in [1.807, 2.05) is 12.1 Å². The molecule has 0 amide bonds. The standard InChI is InChI=1S/C23H29NO/c1-4-15-23(25)16-20(18-11-7-5-8-12-18)24-22(21(23)17(2)3)19-13-9-6-10-14-19/h4-14,17,20-22,24-25H,1,15-16H2,2-3H3/p+1/t20-,21+,22-,23+/m0/s1. The number of benzene rings is 2. The van der Waals surface area contributed by atoms with E-state index in [2.05, 4.69) is 80.3 Å². The minimum atomic E-state index is -0.730. The monoisotopic (exact) mass is 336 g/mol. The molecule has 25 heavy (non-hydrogen) atoms. The molecule has 0 spiro atoms. The van der Waals surface area contributed by atoms with Crippen LogP contribution in [0.15, 0.2) is 73.3 Å². The van der Waals surface area contributed by atoms with Crippen LogP contribution in [-0.2, 0) is 0 Å². The van der Waals surface area contributed by atoms with Gasteiger partial charge in [-0.15, -0.1) is 6.58 Å². The van der Waals surface area contributed by atoms with E-state index in [0.717, 1.165) is 6.42 Å². The van der Waals surface area contributed by atoms with Crippen molar-refractivity contribution in [1.29, 1.82) is 0 Å². The molecule has 4 atom stereocenters. The van der Waals surface area contributed by atoms with Crippen LogP contribution in [0.25, 0.3) is 0 Å². The average molecular weight is 336 g/mol. The number of aliphatic hydroxyl groups is 1. The second kappa shape index (κ2) is 7.55. The fourth-order valence-corrected chi connectivity index (χ4v) is 4.72. The molecule has 2 aromatic carbocycles. The number of nitrogens with two attached hydrogens (primary N) is 1. The van der Waals surface area contributed by atoms with Gasteiger partial charge in [0.2, 0.25) is 0 Å². The van der Waals surface area contributed by atoms with Gasteiger partial charge in [-0.3, -0.25) is 0 Å². The molecular weight excluding hydrogens is 306 g/mol. The lowest BCUT2D eigenvalue weighted by atomic mass is 9.65. The summed E-state index contributed by atoms with van der Waals surface area (Å²) in [6.45, 7) is 8.37. The van der Waals surface area contributed by atoms with E-state index in [-0.39, 0.29) is 18.0 Å². The summed E-state index contributed by atoms with van der Waals surface area (Å²) in [4.78, 5) is 0. The summed E-state index contributed by atoms with van der Waals surface area (Å²) < 4.78 is 0. The summed E-state index contributed by atoms with van der Waals surface area (Å²) in [5.74, 6) is 0.580. The molecule has 3 rings (SSSR count). The van der Waals surface area contributed by atoms with Crippen molar-refractivity contribution in [2.45, 2.75) is 44.4 Å². The first-order chi connectivity index (χ1) is 12.0. The van der Waals surface area contributed by atoms with Gasteiger partial charge in [-0.05, 0) is 12.3 Å². The quantitative estimate of drug-likeness (QED) is 0.795. The van der Waals surface area contributed by atoms with Gasteiger partial charge in [0.25, 0.3) is 0 Å². The number of quaternary nitrogens is 1. The fourth-order valence-electron chi connectivity index (χ4n) is 4.72. The maximum absolute atomic E-state index is 11.7. The van der Waals surface area contributed by atoms with Crippen LogP contribution in [-0.4, -0.2) is 10.7 Å². The number of hydrogen-bond donors (Lipinski definition) is 2. The molecule has 0 saturated carbocycles. The molecule has 0 bridgehead atoms. The van der Waals surface area contributed by atoms with E-state index in [0.29, 0.717) is 12.3 Å². The minimum absolute atomic E-state index is 0.188. The Morgan fingerprint density at radius 3 is 2.16 bits per heavy atom. The third-order valence-corrected chi connectivity index (χ3v) is 5.65. The van der Waals surface area contributed by atoms with E-state index in [4.69, 9.17) is 0 Å². The molecule has 0 unspecified atom stereocenters. The fraction of sp³-hybridized carbons (Fsp3) is 0.391. The highest BCUT2D eigenvalue weighted by atomic mass is 16.3. The van der Waals surface area contributed by atoms with Crippen LogP contribution in [0.5, 0.6) is 0 Å². The molecule has 0 aliphatic carbocycles. The maximum atomic E-state index is 11.7. The summed E-state index contributed by atoms with van der Waals surface area (Å²) >= 11 is 0. The van der Waals surface area contributed by atoms with Crippen LogP contribution in [0.1, 0.15) is 49.9 Å². The molecule has 132 valence electrons. The van der Waals surface area contributed by atoms with Gasteiger partial charge in [-0.25, -0.2) is 0 Å². The Hall–Kier alpha value is -1.90. The lowest BCUT2D eigenvalue weighted by Gasteiger charge is -2.48. The topological polar surface area (TPSA) is 36.8 Å². The smallest absolute Gasteiger partial charge is 0.118 e. The Kier molecular flexibility index (Phi) is 5.41. The lowest BCUT2D eigenvalue weighted by Crippen LogP contribution is -2.92. The molecule has 0 radical (unpaired) electrons. The van der Waals surface area contributed by atoms with E-state index in [9.17, 15) is 5.11 Å². The highest BCUT2D eigenvalue weighted by Gasteiger charge is 2.51. The Morgan fingerprint density at radius 2 is 1.64 bits per heavy atom. The highest BCUT2D eigenvalue weighted by molar-refractivity contribution is 5.23. The zero-order valence-corrected chi connectivity index (χ0v) is 15.3. The van der Waals surface area contributed by atoms with Crippen molar-refractivity contribution in [3.63, 3.8) is 0 Å².